The first-order valence-corrected chi connectivity index (χ1v) is 3.57. The van der Waals surface area contributed by atoms with Gasteiger partial charge in [0.15, 0.2) is 11.1 Å². The second-order valence-corrected chi connectivity index (χ2v) is 2.53. The van der Waals surface area contributed by atoms with E-state index in [-0.39, 0.29) is 18.9 Å². The summed E-state index contributed by atoms with van der Waals surface area (Å²) < 4.78 is 18.8. The van der Waals surface area contributed by atoms with Crippen molar-refractivity contribution in [2.45, 2.75) is 4.90 Å². The number of rotatable bonds is 1. The predicted octanol–water partition coefficient (Wildman–Crippen LogP) is 0.619. The van der Waals surface area contributed by atoms with Crippen molar-refractivity contribution in [1.29, 1.82) is 0 Å². The van der Waals surface area contributed by atoms with Crippen molar-refractivity contribution in [3.63, 3.8) is 0 Å². The van der Waals surface area contributed by atoms with E-state index in [4.69, 9.17) is 4.55 Å². The van der Waals surface area contributed by atoms with E-state index < -0.39 is 11.1 Å². The van der Waals surface area contributed by atoms with Gasteiger partial charge in [-0.15, -0.1) is 0 Å². The molecule has 0 aliphatic heterocycles. The molecule has 0 radical (unpaired) electrons. The van der Waals surface area contributed by atoms with E-state index in [0.717, 1.165) is 0 Å². The molecule has 0 saturated carbocycles. The molecule has 0 heterocycles. The van der Waals surface area contributed by atoms with E-state index in [1.165, 1.54) is 0 Å². The third kappa shape index (κ3) is 2.67. The summed E-state index contributed by atoms with van der Waals surface area (Å²) in [6.45, 7) is 0. The average Bonchev–Trinajstić information content (AvgIpc) is 1.90. The molecule has 10 heavy (non-hydrogen) atoms. The number of hydrogen-bond acceptors (Lipinski definition) is 1. The molecular weight excluding hydrogens is 143 g/mol. The fraction of sp³-hybridized carbons (Fsp3) is 0. The summed E-state index contributed by atoms with van der Waals surface area (Å²) in [5.41, 5.74) is 0. The Morgan fingerprint density at radius 3 is 2.00 bits per heavy atom. The van der Waals surface area contributed by atoms with Gasteiger partial charge >= 0.3 is 18.9 Å². The number of benzene rings is 1. The Balaban J connectivity index is 0.000000810. The molecule has 0 aliphatic rings. The zero-order valence-corrected chi connectivity index (χ0v) is 5.47. The van der Waals surface area contributed by atoms with Crippen LogP contribution in [0.25, 0.3) is 0 Å². The predicted molar refractivity (Wildman–Crippen MR) is 42.6 cm³/mol. The Bertz CT molecular complexity index is 212. The Labute approximate surface area is 74.1 Å². The minimum absolute atomic E-state index is 0. The summed E-state index contributed by atoms with van der Waals surface area (Å²) in [6, 6.07) is 8.47. The average molecular weight is 150 g/mol. The van der Waals surface area contributed by atoms with Crippen molar-refractivity contribution in [3.8, 4) is 0 Å². The van der Waals surface area contributed by atoms with Crippen LogP contribution < -0.4 is 0 Å². The van der Waals surface area contributed by atoms with E-state index in [1.807, 2.05) is 0 Å². The van der Waals surface area contributed by atoms with Gasteiger partial charge in [0.2, 0.25) is 0 Å². The first kappa shape index (κ1) is 9.93. The molecule has 0 fully saturated rings. The molecule has 1 rings (SSSR count). The summed E-state index contributed by atoms with van der Waals surface area (Å²) in [5, 5.41) is 0. The molecule has 50 valence electrons. The van der Waals surface area contributed by atoms with Crippen LogP contribution in [0, 0.1) is 0 Å². The van der Waals surface area contributed by atoms with Gasteiger partial charge in [0.1, 0.15) is 0 Å². The van der Waals surface area contributed by atoms with Crippen molar-refractivity contribution < 1.29 is 8.76 Å². The maximum atomic E-state index is 10.3. The molecule has 0 saturated heterocycles. The second-order valence-electron chi connectivity index (χ2n) is 1.56. The van der Waals surface area contributed by atoms with Crippen LogP contribution >= 0.6 is 0 Å². The molecule has 2 nitrogen and oxygen atoms in total. The maximum absolute atomic E-state index is 10.3. The van der Waals surface area contributed by atoms with E-state index in [1.54, 1.807) is 30.3 Å². The van der Waals surface area contributed by atoms with Crippen LogP contribution in [-0.4, -0.2) is 27.6 Å². The van der Waals surface area contributed by atoms with Crippen LogP contribution in [0.4, 0.5) is 0 Å². The zero-order valence-electron chi connectivity index (χ0n) is 4.65. The van der Waals surface area contributed by atoms with Gasteiger partial charge in [-0.1, -0.05) is 18.2 Å². The van der Waals surface area contributed by atoms with Gasteiger partial charge in [-0.3, -0.25) is 0 Å². The summed E-state index contributed by atoms with van der Waals surface area (Å²) in [5.74, 6) is 0. The first-order valence-electron chi connectivity index (χ1n) is 2.46. The summed E-state index contributed by atoms with van der Waals surface area (Å²) in [7, 11) is 0. The van der Waals surface area contributed by atoms with Crippen molar-refractivity contribution in [2.24, 2.45) is 0 Å². The van der Waals surface area contributed by atoms with E-state index in [0.29, 0.717) is 4.90 Å². The van der Waals surface area contributed by atoms with Gasteiger partial charge in [0.05, 0.1) is 4.90 Å². The van der Waals surface area contributed by atoms with Crippen LogP contribution in [0.2, 0.25) is 0 Å². The minimum atomic E-state index is -1.83. The Morgan fingerprint density at radius 1 is 1.20 bits per heavy atom. The topological polar surface area (TPSA) is 37.3 Å². The van der Waals surface area contributed by atoms with E-state index in [9.17, 15) is 4.21 Å². The molecule has 0 spiro atoms. The quantitative estimate of drug-likeness (QED) is 0.470. The van der Waals surface area contributed by atoms with E-state index in [2.05, 4.69) is 0 Å². The van der Waals surface area contributed by atoms with Gasteiger partial charge in [-0.05, 0) is 12.1 Å². The van der Waals surface area contributed by atoms with Crippen molar-refractivity contribution in [1.82, 2.24) is 0 Å². The van der Waals surface area contributed by atoms with Gasteiger partial charge in [0, 0.05) is 0 Å². The third-order valence-electron chi connectivity index (χ3n) is 0.945. The fourth-order valence-corrected chi connectivity index (χ4v) is 0.927. The Hall–Kier alpha value is -0.0726. The third-order valence-corrected chi connectivity index (χ3v) is 1.62. The Kier molecular flexibility index (Phi) is 4.66. The van der Waals surface area contributed by atoms with E-state index >= 15 is 0 Å². The number of hydrogen-bond donors (Lipinski definition) is 1. The SMILES string of the molecule is O=S(O)c1ccccc1.[LiH]. The monoisotopic (exact) mass is 150 g/mol. The van der Waals surface area contributed by atoms with Gasteiger partial charge < -0.3 is 4.55 Å². The molecule has 0 amide bonds. The fourth-order valence-electron chi connectivity index (χ4n) is 0.537. The van der Waals surface area contributed by atoms with Gasteiger partial charge in [-0.2, -0.15) is 0 Å². The molecule has 1 aromatic rings. The second kappa shape index (κ2) is 4.70. The molecule has 0 bridgehead atoms. The molecule has 1 atom stereocenters. The van der Waals surface area contributed by atoms with Gasteiger partial charge in [-0.25, -0.2) is 4.21 Å². The summed E-state index contributed by atoms with van der Waals surface area (Å²) in [6.07, 6.45) is 0. The van der Waals surface area contributed by atoms with Crippen molar-refractivity contribution >= 4 is 29.9 Å². The molecule has 0 aliphatic carbocycles. The molecular formula is C6H7LiO2S. The van der Waals surface area contributed by atoms with Crippen molar-refractivity contribution in [2.75, 3.05) is 0 Å². The molecule has 1 N–H and O–H groups in total. The van der Waals surface area contributed by atoms with Crippen LogP contribution in [0.3, 0.4) is 0 Å². The summed E-state index contributed by atoms with van der Waals surface area (Å²) in [4.78, 5) is 0.442. The molecule has 1 aromatic carbocycles. The molecule has 0 aromatic heterocycles. The van der Waals surface area contributed by atoms with Gasteiger partial charge in [0.25, 0.3) is 0 Å². The zero-order chi connectivity index (χ0) is 6.69. The summed E-state index contributed by atoms with van der Waals surface area (Å²) >= 11 is -1.83. The molecule has 1 unspecified atom stereocenters. The van der Waals surface area contributed by atoms with Crippen molar-refractivity contribution in [3.05, 3.63) is 30.3 Å². The first-order chi connectivity index (χ1) is 4.30. The Morgan fingerprint density at radius 2 is 1.70 bits per heavy atom. The van der Waals surface area contributed by atoms with Crippen LogP contribution in [0.1, 0.15) is 0 Å². The normalized spacial score (nSPS) is 11.7. The molecule has 4 heteroatoms. The van der Waals surface area contributed by atoms with Crippen LogP contribution in [0.5, 0.6) is 0 Å². The standard InChI is InChI=1S/C6H6O2S.Li.H/c7-9(8)6-4-2-1-3-5-6;;/h1-5H,(H,7,8);;. The van der Waals surface area contributed by atoms with Crippen LogP contribution in [-0.2, 0) is 11.1 Å². The van der Waals surface area contributed by atoms with Crippen LogP contribution in [0.15, 0.2) is 35.2 Å².